The van der Waals surface area contributed by atoms with Crippen molar-refractivity contribution in [2.45, 2.75) is 13.8 Å². The summed E-state index contributed by atoms with van der Waals surface area (Å²) in [6.45, 7) is 3.91. The topological polar surface area (TPSA) is 66.8 Å². The van der Waals surface area contributed by atoms with Crippen LogP contribution in [0.3, 0.4) is 0 Å². The summed E-state index contributed by atoms with van der Waals surface area (Å²) >= 11 is 5.20. The molecule has 3 rings (SSSR count). The van der Waals surface area contributed by atoms with Crippen LogP contribution in [0.15, 0.2) is 42.5 Å². The van der Waals surface area contributed by atoms with Crippen LogP contribution in [-0.4, -0.2) is 21.3 Å². The maximum Gasteiger partial charge on any atom is 0.338 e. The van der Waals surface area contributed by atoms with E-state index in [1.807, 2.05) is 19.1 Å². The molecular formula is C18H16ClNO4S2. The Labute approximate surface area is 162 Å². The van der Waals surface area contributed by atoms with E-state index in [4.69, 9.17) is 16.3 Å². The van der Waals surface area contributed by atoms with Gasteiger partial charge in [0.25, 0.3) is 11.3 Å². The number of carbonyl (C=O) groups is 1. The van der Waals surface area contributed by atoms with Gasteiger partial charge in [-0.15, -0.1) is 11.3 Å². The highest BCUT2D eigenvalue weighted by Crippen LogP contribution is 2.42. The van der Waals surface area contributed by atoms with Gasteiger partial charge in [-0.2, -0.15) is 0 Å². The van der Waals surface area contributed by atoms with Gasteiger partial charge < -0.3 is 4.74 Å². The molecule has 5 nitrogen and oxygen atoms in total. The molecule has 0 saturated heterocycles. The third-order valence-electron chi connectivity index (χ3n) is 3.83. The number of esters is 1. The van der Waals surface area contributed by atoms with Crippen LogP contribution < -0.4 is 4.31 Å². The second-order valence-corrected chi connectivity index (χ2v) is 7.76. The Balaban J connectivity index is 2.04. The summed E-state index contributed by atoms with van der Waals surface area (Å²) in [6.07, 6.45) is 0. The van der Waals surface area contributed by atoms with E-state index in [-0.39, 0.29) is 6.61 Å². The molecule has 0 bridgehead atoms. The minimum atomic E-state index is -2.27. The summed E-state index contributed by atoms with van der Waals surface area (Å²) in [4.78, 5) is 11.8. The van der Waals surface area contributed by atoms with E-state index >= 15 is 0 Å². The molecule has 8 heteroatoms. The minimum Gasteiger partial charge on any atom is -0.462 e. The van der Waals surface area contributed by atoms with Gasteiger partial charge in [-0.3, -0.25) is 4.55 Å². The number of ether oxygens (including phenoxy) is 1. The zero-order valence-corrected chi connectivity index (χ0v) is 16.5. The zero-order valence-electron chi connectivity index (χ0n) is 14.1. The smallest absolute Gasteiger partial charge is 0.338 e. The average molecular weight is 410 g/mol. The van der Waals surface area contributed by atoms with E-state index in [1.165, 1.54) is 15.6 Å². The Bertz CT molecular complexity index is 985. The highest BCUT2D eigenvalue weighted by molar-refractivity contribution is 7.81. The summed E-state index contributed by atoms with van der Waals surface area (Å²) in [7, 11) is 0. The Hall–Kier alpha value is -1.93. The van der Waals surface area contributed by atoms with E-state index in [1.54, 1.807) is 37.3 Å². The predicted molar refractivity (Wildman–Crippen MR) is 107 cm³/mol. The second-order valence-electron chi connectivity index (χ2n) is 5.47. The summed E-state index contributed by atoms with van der Waals surface area (Å²) < 4.78 is 29.2. The molecule has 1 N–H and O–H groups in total. The fourth-order valence-electron chi connectivity index (χ4n) is 2.60. The highest BCUT2D eigenvalue weighted by atomic mass is 35.5. The minimum absolute atomic E-state index is 0.289. The third kappa shape index (κ3) is 3.61. The normalized spacial score (nSPS) is 12.2. The molecule has 0 radical (unpaired) electrons. The number of hydrogen-bond acceptors (Lipinski definition) is 4. The number of thiophene rings is 1. The molecule has 1 aromatic heterocycles. The van der Waals surface area contributed by atoms with Crippen molar-refractivity contribution in [1.82, 2.24) is 0 Å². The van der Waals surface area contributed by atoms with Gasteiger partial charge in [0.05, 0.1) is 17.9 Å². The second kappa shape index (κ2) is 7.75. The van der Waals surface area contributed by atoms with E-state index in [0.29, 0.717) is 21.3 Å². The van der Waals surface area contributed by atoms with Gasteiger partial charge in [0.15, 0.2) is 0 Å². The summed E-state index contributed by atoms with van der Waals surface area (Å²) in [6, 6.07) is 11.9. The van der Waals surface area contributed by atoms with E-state index < -0.39 is 17.2 Å². The molecule has 136 valence electrons. The number of fused-ring (bicyclic) bond motifs is 1. The number of halogens is 1. The monoisotopic (exact) mass is 409 g/mol. The molecule has 0 aliphatic rings. The SMILES string of the molecule is CCOC(=O)c1ccc(N(c2sc3ccc(Cl)cc3c2C)S(=O)O)cc1. The van der Waals surface area contributed by atoms with Gasteiger partial charge in [-0.25, -0.2) is 13.3 Å². The standard InChI is InChI=1S/C18H16ClNO4S2/c1-3-24-18(21)12-4-7-14(8-5-12)20(26(22)23)17-11(2)15-10-13(19)6-9-16(15)25-17/h4-10H,3H2,1-2H3,(H,22,23). The lowest BCUT2D eigenvalue weighted by Gasteiger charge is -2.19. The Morgan fingerprint density at radius 1 is 1.27 bits per heavy atom. The van der Waals surface area contributed by atoms with Crippen molar-refractivity contribution < 1.29 is 18.3 Å². The Kier molecular flexibility index (Phi) is 5.62. The first kappa shape index (κ1) is 18.8. The van der Waals surface area contributed by atoms with Crippen molar-refractivity contribution in [1.29, 1.82) is 0 Å². The molecule has 0 amide bonds. The lowest BCUT2D eigenvalue weighted by atomic mass is 10.2. The van der Waals surface area contributed by atoms with Crippen molar-refractivity contribution in [3.63, 3.8) is 0 Å². The van der Waals surface area contributed by atoms with Crippen molar-refractivity contribution >= 4 is 60.9 Å². The third-order valence-corrected chi connectivity index (χ3v) is 6.14. The van der Waals surface area contributed by atoms with Gasteiger partial charge in [-0.1, -0.05) is 11.6 Å². The van der Waals surface area contributed by atoms with E-state index in [9.17, 15) is 13.6 Å². The van der Waals surface area contributed by atoms with Gasteiger partial charge >= 0.3 is 5.97 Å². The molecule has 2 aromatic carbocycles. The first-order valence-corrected chi connectivity index (χ1v) is 10.0. The molecular weight excluding hydrogens is 394 g/mol. The van der Waals surface area contributed by atoms with Gasteiger partial charge in [0.1, 0.15) is 5.00 Å². The van der Waals surface area contributed by atoms with Crippen LogP contribution in [0.1, 0.15) is 22.8 Å². The lowest BCUT2D eigenvalue weighted by molar-refractivity contribution is 0.0526. The van der Waals surface area contributed by atoms with Crippen molar-refractivity contribution in [3.8, 4) is 0 Å². The van der Waals surface area contributed by atoms with Crippen molar-refractivity contribution in [2.75, 3.05) is 10.9 Å². The number of carbonyl (C=O) groups excluding carboxylic acids is 1. The number of benzene rings is 2. The Morgan fingerprint density at radius 3 is 2.58 bits per heavy atom. The number of anilines is 2. The van der Waals surface area contributed by atoms with Crippen LogP contribution >= 0.6 is 22.9 Å². The largest absolute Gasteiger partial charge is 0.462 e. The molecule has 26 heavy (non-hydrogen) atoms. The number of nitrogens with zero attached hydrogens (tertiary/aromatic N) is 1. The molecule has 3 aromatic rings. The first-order valence-electron chi connectivity index (χ1n) is 7.79. The molecule has 0 saturated carbocycles. The van der Waals surface area contributed by atoms with Crippen LogP contribution in [0.4, 0.5) is 10.7 Å². The maximum absolute atomic E-state index is 12.0. The number of hydrogen-bond donors (Lipinski definition) is 1. The quantitative estimate of drug-likeness (QED) is 0.457. The van der Waals surface area contributed by atoms with Crippen molar-refractivity contribution in [2.24, 2.45) is 0 Å². The predicted octanol–water partition coefficient (Wildman–Crippen LogP) is 5.31. The van der Waals surface area contributed by atoms with Crippen LogP contribution in [0.25, 0.3) is 10.1 Å². The molecule has 0 aliphatic heterocycles. The molecule has 0 fully saturated rings. The van der Waals surface area contributed by atoms with Crippen molar-refractivity contribution in [3.05, 3.63) is 58.6 Å². The lowest BCUT2D eigenvalue weighted by Crippen LogP contribution is -2.19. The van der Waals surface area contributed by atoms with E-state index in [2.05, 4.69) is 0 Å². The molecule has 1 heterocycles. The van der Waals surface area contributed by atoms with Crippen LogP contribution in [0, 0.1) is 6.92 Å². The maximum atomic E-state index is 12.0. The van der Waals surface area contributed by atoms with Crippen LogP contribution in [0.2, 0.25) is 5.02 Å². The average Bonchev–Trinajstić information content (AvgIpc) is 2.92. The van der Waals surface area contributed by atoms with Gasteiger partial charge in [-0.05, 0) is 67.3 Å². The zero-order chi connectivity index (χ0) is 18.8. The Morgan fingerprint density at radius 2 is 1.96 bits per heavy atom. The molecule has 0 spiro atoms. The fraction of sp³-hybridized carbons (Fsp3) is 0.167. The number of rotatable bonds is 5. The molecule has 0 aliphatic carbocycles. The molecule has 1 atom stereocenters. The van der Waals surface area contributed by atoms with Gasteiger partial charge in [0.2, 0.25) is 0 Å². The highest BCUT2D eigenvalue weighted by Gasteiger charge is 2.22. The van der Waals surface area contributed by atoms with Crippen LogP contribution in [-0.2, 0) is 16.0 Å². The summed E-state index contributed by atoms with van der Waals surface area (Å²) in [5, 5.41) is 2.20. The van der Waals surface area contributed by atoms with E-state index in [0.717, 1.165) is 15.6 Å². The first-order chi connectivity index (χ1) is 12.4. The summed E-state index contributed by atoms with van der Waals surface area (Å²) in [5.41, 5.74) is 1.75. The van der Waals surface area contributed by atoms with Crippen LogP contribution in [0.5, 0.6) is 0 Å². The summed E-state index contributed by atoms with van der Waals surface area (Å²) in [5.74, 6) is -0.427. The van der Waals surface area contributed by atoms with Gasteiger partial charge in [0, 0.05) is 9.72 Å². The fourth-order valence-corrected chi connectivity index (χ4v) is 4.77. The molecule has 1 unspecified atom stereocenters. The number of aryl methyl sites for hydroxylation is 1.